The first-order valence-corrected chi connectivity index (χ1v) is 11.8. The zero-order valence-electron chi connectivity index (χ0n) is 18.6. The van der Waals surface area contributed by atoms with E-state index >= 15 is 0 Å². The third kappa shape index (κ3) is 5.31. The Morgan fingerprint density at radius 3 is 2.55 bits per heavy atom. The summed E-state index contributed by atoms with van der Waals surface area (Å²) in [5.74, 6) is 0.349. The highest BCUT2D eigenvalue weighted by molar-refractivity contribution is 7.07. The molecule has 0 radical (unpaired) electrons. The maximum absolute atomic E-state index is 12.8. The van der Waals surface area contributed by atoms with Crippen LogP contribution in [-0.2, 0) is 11.2 Å². The molecular weight excluding hydrogens is 410 g/mol. The van der Waals surface area contributed by atoms with Gasteiger partial charge in [0.25, 0.3) is 5.91 Å². The van der Waals surface area contributed by atoms with Crippen LogP contribution in [0.1, 0.15) is 74.9 Å². The van der Waals surface area contributed by atoms with Crippen molar-refractivity contribution in [2.45, 2.75) is 65.5 Å². The fourth-order valence-corrected chi connectivity index (χ4v) is 4.48. The van der Waals surface area contributed by atoms with E-state index in [1.165, 1.54) is 0 Å². The highest BCUT2D eigenvalue weighted by atomic mass is 32.1. The van der Waals surface area contributed by atoms with E-state index in [0.717, 1.165) is 35.4 Å². The molecule has 0 spiro atoms. The minimum atomic E-state index is -0.689. The van der Waals surface area contributed by atoms with Gasteiger partial charge in [0, 0.05) is 23.4 Å². The summed E-state index contributed by atoms with van der Waals surface area (Å²) >= 11 is 1.57. The van der Waals surface area contributed by atoms with E-state index in [1.807, 2.05) is 30.8 Å². The zero-order chi connectivity index (χ0) is 22.5. The maximum Gasteiger partial charge on any atom is 0.252 e. The number of imidazole rings is 1. The minimum absolute atomic E-state index is 0.240. The Bertz CT molecular complexity index is 1040. The first-order chi connectivity index (χ1) is 14.8. The van der Waals surface area contributed by atoms with Crippen molar-refractivity contribution >= 4 is 34.2 Å². The van der Waals surface area contributed by atoms with Crippen LogP contribution in [0.5, 0.6) is 0 Å². The van der Waals surface area contributed by atoms with Gasteiger partial charge < -0.3 is 15.6 Å². The number of rotatable bonds is 10. The number of hydrogen-bond acceptors (Lipinski definition) is 5. The quantitative estimate of drug-likeness (QED) is 0.495. The number of carbonyl (C=O) groups is 2. The normalized spacial score (nSPS) is 12.6. The number of amides is 2. The van der Waals surface area contributed by atoms with Crippen molar-refractivity contribution in [1.29, 1.82) is 0 Å². The number of nitrogens with zero attached hydrogens (tertiary/aromatic N) is 3. The number of fused-ring (bicyclic) bond motifs is 1. The fourth-order valence-electron chi connectivity index (χ4n) is 3.92. The van der Waals surface area contributed by atoms with E-state index < -0.39 is 11.9 Å². The number of primary amides is 1. The summed E-state index contributed by atoms with van der Waals surface area (Å²) in [4.78, 5) is 33.8. The van der Waals surface area contributed by atoms with Gasteiger partial charge in [0.2, 0.25) is 5.91 Å². The van der Waals surface area contributed by atoms with E-state index in [-0.39, 0.29) is 11.8 Å². The predicted octanol–water partition coefficient (Wildman–Crippen LogP) is 4.07. The second-order valence-corrected chi connectivity index (χ2v) is 9.01. The molecule has 3 aromatic rings. The summed E-state index contributed by atoms with van der Waals surface area (Å²) in [6.45, 7) is 8.32. The zero-order valence-corrected chi connectivity index (χ0v) is 19.4. The molecule has 0 bridgehead atoms. The van der Waals surface area contributed by atoms with Gasteiger partial charge >= 0.3 is 0 Å². The molecule has 0 aliphatic rings. The molecule has 1 aromatic carbocycles. The molecule has 1 unspecified atom stereocenters. The Labute approximate surface area is 187 Å². The number of thiazole rings is 1. The van der Waals surface area contributed by atoms with Crippen molar-refractivity contribution in [3.05, 3.63) is 46.2 Å². The average Bonchev–Trinajstić information content (AvgIpc) is 3.36. The van der Waals surface area contributed by atoms with Crippen molar-refractivity contribution in [3.8, 4) is 0 Å². The Balaban J connectivity index is 1.96. The van der Waals surface area contributed by atoms with Gasteiger partial charge in [-0.25, -0.2) is 9.97 Å². The molecule has 0 aliphatic heterocycles. The standard InChI is InChI=1S/C23H31N5O2S/c1-5-17(6-2)28-20-8-7-15(23(30)27-19(22(24)29)9-14(3)4)10-18(20)26-21(28)11-16-12-31-13-25-16/h7-8,10,12-14,17,19H,5-6,9,11H2,1-4H3,(H2,24,29)(H,27,30). The van der Waals surface area contributed by atoms with Crippen LogP contribution in [0, 0.1) is 5.92 Å². The Morgan fingerprint density at radius 2 is 1.97 bits per heavy atom. The molecule has 8 heteroatoms. The van der Waals surface area contributed by atoms with Gasteiger partial charge in [0.1, 0.15) is 11.9 Å². The first kappa shape index (κ1) is 22.9. The molecule has 7 nitrogen and oxygen atoms in total. The van der Waals surface area contributed by atoms with Crippen LogP contribution < -0.4 is 11.1 Å². The number of benzene rings is 1. The van der Waals surface area contributed by atoms with E-state index in [0.29, 0.717) is 24.4 Å². The molecule has 166 valence electrons. The van der Waals surface area contributed by atoms with Crippen LogP contribution in [0.3, 0.4) is 0 Å². The second kappa shape index (κ2) is 10.0. The van der Waals surface area contributed by atoms with Crippen LogP contribution in [0.2, 0.25) is 0 Å². The molecule has 3 rings (SSSR count). The van der Waals surface area contributed by atoms with Gasteiger partial charge in [0.05, 0.1) is 22.2 Å². The highest BCUT2D eigenvalue weighted by Crippen LogP contribution is 2.27. The second-order valence-electron chi connectivity index (χ2n) is 8.29. The van der Waals surface area contributed by atoms with E-state index in [1.54, 1.807) is 23.5 Å². The van der Waals surface area contributed by atoms with E-state index in [9.17, 15) is 9.59 Å². The highest BCUT2D eigenvalue weighted by Gasteiger charge is 2.22. The van der Waals surface area contributed by atoms with E-state index in [4.69, 9.17) is 10.7 Å². The van der Waals surface area contributed by atoms with Crippen LogP contribution in [0.4, 0.5) is 0 Å². The van der Waals surface area contributed by atoms with Crippen LogP contribution in [0.15, 0.2) is 29.1 Å². The Hall–Kier alpha value is -2.74. The lowest BCUT2D eigenvalue weighted by Gasteiger charge is -2.19. The molecule has 0 aliphatic carbocycles. The molecule has 3 N–H and O–H groups in total. The largest absolute Gasteiger partial charge is 0.368 e. The average molecular weight is 442 g/mol. The summed E-state index contributed by atoms with van der Waals surface area (Å²) in [6, 6.07) is 5.16. The Kier molecular flexibility index (Phi) is 7.43. The lowest BCUT2D eigenvalue weighted by molar-refractivity contribution is -0.120. The van der Waals surface area contributed by atoms with Gasteiger partial charge in [-0.15, -0.1) is 11.3 Å². The summed E-state index contributed by atoms with van der Waals surface area (Å²) in [5.41, 5.74) is 10.5. The molecule has 2 amide bonds. The third-order valence-corrected chi connectivity index (χ3v) is 6.15. The number of aromatic nitrogens is 3. The lowest BCUT2D eigenvalue weighted by Crippen LogP contribution is -2.45. The molecule has 0 fully saturated rings. The summed E-state index contributed by atoms with van der Waals surface area (Å²) in [5, 5.41) is 4.81. The molecule has 2 aromatic heterocycles. The third-order valence-electron chi connectivity index (χ3n) is 5.51. The molecule has 31 heavy (non-hydrogen) atoms. The number of carbonyl (C=O) groups excluding carboxylic acids is 2. The number of hydrogen-bond donors (Lipinski definition) is 2. The molecule has 1 atom stereocenters. The van der Waals surface area contributed by atoms with Gasteiger partial charge in [-0.2, -0.15) is 0 Å². The molecule has 0 saturated carbocycles. The number of nitrogens with one attached hydrogen (secondary N) is 1. The van der Waals surface area contributed by atoms with Crippen LogP contribution in [0.25, 0.3) is 11.0 Å². The summed E-state index contributed by atoms with van der Waals surface area (Å²) < 4.78 is 2.28. The smallest absolute Gasteiger partial charge is 0.252 e. The maximum atomic E-state index is 12.8. The molecular formula is C23H31N5O2S. The summed E-state index contributed by atoms with van der Waals surface area (Å²) in [6.07, 6.45) is 3.13. The number of nitrogens with two attached hydrogens (primary N) is 1. The topological polar surface area (TPSA) is 103 Å². The minimum Gasteiger partial charge on any atom is -0.368 e. The van der Waals surface area contributed by atoms with Gasteiger partial charge in [0.15, 0.2) is 0 Å². The molecule has 0 saturated heterocycles. The van der Waals surface area contributed by atoms with Gasteiger partial charge in [-0.05, 0) is 43.4 Å². The van der Waals surface area contributed by atoms with Crippen molar-refractivity contribution in [1.82, 2.24) is 19.9 Å². The van der Waals surface area contributed by atoms with Crippen molar-refractivity contribution < 1.29 is 9.59 Å². The van der Waals surface area contributed by atoms with Crippen molar-refractivity contribution in [2.75, 3.05) is 0 Å². The summed E-state index contributed by atoms with van der Waals surface area (Å²) in [7, 11) is 0. The SMILES string of the molecule is CCC(CC)n1c(Cc2cscn2)nc2cc(C(=O)NC(CC(C)C)C(N)=O)ccc21. The van der Waals surface area contributed by atoms with Crippen molar-refractivity contribution in [3.63, 3.8) is 0 Å². The lowest BCUT2D eigenvalue weighted by atomic mass is 10.0. The van der Waals surface area contributed by atoms with E-state index in [2.05, 4.69) is 28.7 Å². The predicted molar refractivity (Wildman–Crippen MR) is 124 cm³/mol. The van der Waals surface area contributed by atoms with Gasteiger partial charge in [-0.1, -0.05) is 27.7 Å². The Morgan fingerprint density at radius 1 is 1.23 bits per heavy atom. The van der Waals surface area contributed by atoms with Crippen LogP contribution in [-0.4, -0.2) is 32.4 Å². The first-order valence-electron chi connectivity index (χ1n) is 10.8. The van der Waals surface area contributed by atoms with Gasteiger partial charge in [-0.3, -0.25) is 9.59 Å². The fraction of sp³-hybridized carbons (Fsp3) is 0.478. The van der Waals surface area contributed by atoms with Crippen LogP contribution >= 0.6 is 11.3 Å². The monoisotopic (exact) mass is 441 g/mol. The molecule has 2 heterocycles. The van der Waals surface area contributed by atoms with Crippen molar-refractivity contribution in [2.24, 2.45) is 11.7 Å².